The third-order valence-electron chi connectivity index (χ3n) is 1.79. The lowest BCUT2D eigenvalue weighted by molar-refractivity contribution is -0.260. The molecule has 0 atom stereocenters. The molecule has 0 radical (unpaired) electrons. The van der Waals surface area contributed by atoms with Crippen molar-refractivity contribution < 1.29 is 29.0 Å². The van der Waals surface area contributed by atoms with Gasteiger partial charge in [0.15, 0.2) is 0 Å². The number of carbonyl (C=O) groups is 4. The van der Waals surface area contributed by atoms with Crippen LogP contribution in [-0.4, -0.2) is 33.0 Å². The molecule has 0 heterocycles. The van der Waals surface area contributed by atoms with Crippen LogP contribution in [0.25, 0.3) is 0 Å². The molecule has 0 spiro atoms. The van der Waals surface area contributed by atoms with Crippen LogP contribution < -0.4 is 0 Å². The summed E-state index contributed by atoms with van der Waals surface area (Å²) < 4.78 is -3.28. The Kier molecular flexibility index (Phi) is 3.08. The highest BCUT2D eigenvalue weighted by Gasteiger charge is 2.71. The standard InChI is InChI=1S/C8H8O6S2/c1-7(2,15)5(11)13-14-6(12)8(16)3(9)4(8)10/h15-16H,1-2H3. The lowest BCUT2D eigenvalue weighted by Gasteiger charge is -2.13. The zero-order valence-corrected chi connectivity index (χ0v) is 10.1. The minimum atomic E-state index is -2.11. The highest BCUT2D eigenvalue weighted by molar-refractivity contribution is 7.87. The van der Waals surface area contributed by atoms with Gasteiger partial charge in [0, 0.05) is 0 Å². The molecule has 0 N–H and O–H groups in total. The van der Waals surface area contributed by atoms with E-state index in [9.17, 15) is 19.2 Å². The maximum Gasteiger partial charge on any atom is 0.387 e. The molecule has 1 aliphatic rings. The molecule has 8 heteroatoms. The number of hydrogen-bond acceptors (Lipinski definition) is 8. The van der Waals surface area contributed by atoms with Crippen LogP contribution in [0.1, 0.15) is 13.8 Å². The van der Waals surface area contributed by atoms with Gasteiger partial charge in [0.2, 0.25) is 16.3 Å². The summed E-state index contributed by atoms with van der Waals surface area (Å²) in [6.45, 7) is 2.83. The summed E-state index contributed by atoms with van der Waals surface area (Å²) in [5.41, 5.74) is 0. The van der Waals surface area contributed by atoms with Gasteiger partial charge in [0.05, 0.1) is 0 Å². The third-order valence-corrected chi connectivity index (χ3v) is 2.56. The summed E-state index contributed by atoms with van der Waals surface area (Å²) in [5, 5.41) is 0. The van der Waals surface area contributed by atoms with Crippen LogP contribution in [0.15, 0.2) is 0 Å². The molecular weight excluding hydrogens is 256 g/mol. The number of hydrogen-bond donors (Lipinski definition) is 2. The Hall–Kier alpha value is -1.02. The highest BCUT2D eigenvalue weighted by atomic mass is 32.1. The second-order valence-corrected chi connectivity index (χ2v) is 5.46. The molecule has 0 aromatic heterocycles. The van der Waals surface area contributed by atoms with E-state index in [1.54, 1.807) is 0 Å². The van der Waals surface area contributed by atoms with Crippen LogP contribution in [0.3, 0.4) is 0 Å². The van der Waals surface area contributed by atoms with Gasteiger partial charge in [-0.05, 0) is 13.8 Å². The number of rotatable bonds is 2. The van der Waals surface area contributed by atoms with Crippen LogP contribution in [0.2, 0.25) is 0 Å². The maximum atomic E-state index is 11.1. The second-order valence-electron chi connectivity index (χ2n) is 3.67. The first-order valence-electron chi connectivity index (χ1n) is 4.09. The molecule has 0 aliphatic heterocycles. The molecule has 1 fully saturated rings. The lowest BCUT2D eigenvalue weighted by atomic mass is 10.2. The predicted molar refractivity (Wildman–Crippen MR) is 57.0 cm³/mol. The van der Waals surface area contributed by atoms with Crippen molar-refractivity contribution in [3.05, 3.63) is 0 Å². The van der Waals surface area contributed by atoms with Gasteiger partial charge >= 0.3 is 11.9 Å². The van der Waals surface area contributed by atoms with Gasteiger partial charge < -0.3 is 0 Å². The lowest BCUT2D eigenvalue weighted by Crippen LogP contribution is -2.31. The van der Waals surface area contributed by atoms with Crippen molar-refractivity contribution in [2.45, 2.75) is 23.3 Å². The topological polar surface area (TPSA) is 86.7 Å². The maximum absolute atomic E-state index is 11.1. The second kappa shape index (κ2) is 3.77. The summed E-state index contributed by atoms with van der Waals surface area (Å²) in [6, 6.07) is 0. The van der Waals surface area contributed by atoms with Gasteiger partial charge in [-0.25, -0.2) is 19.4 Å². The van der Waals surface area contributed by atoms with Crippen LogP contribution in [-0.2, 0) is 29.0 Å². The van der Waals surface area contributed by atoms with Crippen molar-refractivity contribution >= 4 is 48.8 Å². The molecular formula is C8H8O6S2. The van der Waals surface area contributed by atoms with E-state index in [1.807, 2.05) is 0 Å². The average Bonchev–Trinajstić information content (AvgIpc) is 2.65. The van der Waals surface area contributed by atoms with Crippen LogP contribution in [0.4, 0.5) is 0 Å². The normalized spacial score (nSPS) is 18.0. The molecule has 1 rings (SSSR count). The summed E-state index contributed by atoms with van der Waals surface area (Å²) in [5.74, 6) is -4.22. The van der Waals surface area contributed by atoms with E-state index in [4.69, 9.17) is 0 Å². The van der Waals surface area contributed by atoms with Crippen LogP contribution >= 0.6 is 25.3 Å². The smallest absolute Gasteiger partial charge is 0.288 e. The van der Waals surface area contributed by atoms with Crippen molar-refractivity contribution in [2.75, 3.05) is 0 Å². The zero-order chi connectivity index (χ0) is 12.7. The van der Waals surface area contributed by atoms with Crippen molar-refractivity contribution in [3.63, 3.8) is 0 Å². The number of carbonyl (C=O) groups excluding carboxylic acids is 4. The van der Waals surface area contributed by atoms with Gasteiger partial charge in [-0.2, -0.15) is 12.6 Å². The molecule has 1 saturated carbocycles. The van der Waals surface area contributed by atoms with E-state index in [1.165, 1.54) is 13.8 Å². The molecule has 0 unspecified atom stereocenters. The fraction of sp³-hybridized carbons (Fsp3) is 0.500. The van der Waals surface area contributed by atoms with Crippen molar-refractivity contribution in [3.8, 4) is 0 Å². The highest BCUT2D eigenvalue weighted by Crippen LogP contribution is 2.34. The minimum absolute atomic E-state index is 0.929. The van der Waals surface area contributed by atoms with Crippen molar-refractivity contribution in [2.24, 2.45) is 0 Å². The third kappa shape index (κ3) is 2.07. The first-order chi connectivity index (χ1) is 7.11. The monoisotopic (exact) mass is 264 g/mol. The Bertz CT molecular complexity index is 380. The minimum Gasteiger partial charge on any atom is -0.288 e. The van der Waals surface area contributed by atoms with E-state index in [0.29, 0.717) is 0 Å². The molecule has 1 aliphatic carbocycles. The Labute approximate surface area is 101 Å². The molecule has 0 aromatic rings. The zero-order valence-electron chi connectivity index (χ0n) is 8.34. The summed E-state index contributed by atoms with van der Waals surface area (Å²) in [4.78, 5) is 51.9. The van der Waals surface area contributed by atoms with Gasteiger partial charge in [0.25, 0.3) is 0 Å². The fourth-order valence-electron chi connectivity index (χ4n) is 0.651. The number of thiol groups is 2. The first kappa shape index (κ1) is 13.0. The summed E-state index contributed by atoms with van der Waals surface area (Å²) >= 11 is 7.40. The quantitative estimate of drug-likeness (QED) is 0.230. The van der Waals surface area contributed by atoms with E-state index in [-0.39, 0.29) is 0 Å². The Balaban J connectivity index is 2.53. The Morgan fingerprint density at radius 3 is 1.94 bits per heavy atom. The molecule has 16 heavy (non-hydrogen) atoms. The van der Waals surface area contributed by atoms with Gasteiger partial charge in [-0.15, -0.1) is 12.6 Å². The van der Waals surface area contributed by atoms with Crippen molar-refractivity contribution in [1.29, 1.82) is 0 Å². The Morgan fingerprint density at radius 2 is 1.62 bits per heavy atom. The van der Waals surface area contributed by atoms with E-state index in [0.717, 1.165) is 0 Å². The predicted octanol–water partition coefficient (Wildman–Crippen LogP) is -0.483. The van der Waals surface area contributed by atoms with Crippen LogP contribution in [0.5, 0.6) is 0 Å². The van der Waals surface area contributed by atoms with Gasteiger partial charge in [-0.3, -0.25) is 9.59 Å². The van der Waals surface area contributed by atoms with E-state index < -0.39 is 33.0 Å². The molecule has 0 amide bonds. The molecule has 6 nitrogen and oxygen atoms in total. The molecule has 0 aromatic carbocycles. The van der Waals surface area contributed by atoms with Gasteiger partial charge in [0.1, 0.15) is 4.75 Å². The number of Topliss-reactive ketones (excluding diaryl/α,β-unsaturated/α-hetero) is 2. The van der Waals surface area contributed by atoms with E-state index >= 15 is 0 Å². The average molecular weight is 264 g/mol. The van der Waals surface area contributed by atoms with Crippen LogP contribution in [0, 0.1) is 0 Å². The SMILES string of the molecule is CC(C)(S)C(=O)OOC(=O)C1(S)C(=O)C1=O. The molecule has 88 valence electrons. The molecule has 0 bridgehead atoms. The van der Waals surface area contributed by atoms with Crippen molar-refractivity contribution in [1.82, 2.24) is 0 Å². The fourth-order valence-corrected chi connectivity index (χ4v) is 0.873. The number of ketones is 2. The largest absolute Gasteiger partial charge is 0.387 e. The Morgan fingerprint density at radius 1 is 1.19 bits per heavy atom. The molecule has 0 saturated heterocycles. The van der Waals surface area contributed by atoms with E-state index in [2.05, 4.69) is 35.0 Å². The van der Waals surface area contributed by atoms with Gasteiger partial charge in [-0.1, -0.05) is 0 Å². The summed E-state index contributed by atoms with van der Waals surface area (Å²) in [6.07, 6.45) is 0. The first-order valence-corrected chi connectivity index (χ1v) is 4.98. The summed E-state index contributed by atoms with van der Waals surface area (Å²) in [7, 11) is 0.